The molecule has 3 aliphatic rings. The lowest BCUT2D eigenvalue weighted by molar-refractivity contribution is -0.120. The van der Waals surface area contributed by atoms with E-state index in [9.17, 15) is 13.6 Å². The SMILES string of the molecule is Cc1cc(S(=O)O)ccc1Nc1ncc2c(n1)N(C1CCCC1)C(=O)C21CC1. The number of anilines is 3. The molecule has 0 bridgehead atoms. The van der Waals surface area contributed by atoms with Crippen LogP contribution in [0.4, 0.5) is 17.5 Å². The van der Waals surface area contributed by atoms with Crippen molar-refractivity contribution in [3.05, 3.63) is 35.5 Å². The van der Waals surface area contributed by atoms with Gasteiger partial charge in [0.1, 0.15) is 5.82 Å². The van der Waals surface area contributed by atoms with Crippen molar-refractivity contribution in [3.8, 4) is 0 Å². The fourth-order valence-corrected chi connectivity index (χ4v) is 4.97. The predicted octanol–water partition coefficient (Wildman–Crippen LogP) is 3.43. The van der Waals surface area contributed by atoms with Crippen LogP contribution in [0.2, 0.25) is 0 Å². The van der Waals surface area contributed by atoms with E-state index in [-0.39, 0.29) is 17.4 Å². The number of rotatable bonds is 4. The Bertz CT molecular complexity index is 999. The van der Waals surface area contributed by atoms with E-state index in [4.69, 9.17) is 4.98 Å². The number of hydrogen-bond donors (Lipinski definition) is 2. The number of amides is 1. The molecule has 5 rings (SSSR count). The zero-order chi connectivity index (χ0) is 19.5. The van der Waals surface area contributed by atoms with E-state index in [2.05, 4.69) is 10.3 Å². The predicted molar refractivity (Wildman–Crippen MR) is 106 cm³/mol. The fraction of sp³-hybridized carbons (Fsp3) is 0.450. The van der Waals surface area contributed by atoms with Crippen molar-refractivity contribution >= 4 is 34.4 Å². The molecule has 2 aromatic rings. The van der Waals surface area contributed by atoms with Gasteiger partial charge in [-0.2, -0.15) is 4.98 Å². The summed E-state index contributed by atoms with van der Waals surface area (Å²) in [7, 11) is 0. The van der Waals surface area contributed by atoms with Crippen molar-refractivity contribution in [1.82, 2.24) is 9.97 Å². The molecule has 8 heteroatoms. The first-order valence-corrected chi connectivity index (χ1v) is 10.8. The Morgan fingerprint density at radius 3 is 2.68 bits per heavy atom. The third kappa shape index (κ3) is 2.66. The highest BCUT2D eigenvalue weighted by Crippen LogP contribution is 2.57. The van der Waals surface area contributed by atoms with Gasteiger partial charge in [-0.3, -0.25) is 9.69 Å². The summed E-state index contributed by atoms with van der Waals surface area (Å²) in [4.78, 5) is 24.6. The van der Waals surface area contributed by atoms with E-state index < -0.39 is 11.1 Å². The smallest absolute Gasteiger partial charge is 0.239 e. The number of carbonyl (C=O) groups excluding carboxylic acids is 1. The average molecular weight is 398 g/mol. The Labute approximate surface area is 165 Å². The molecule has 0 saturated heterocycles. The molecule has 28 heavy (non-hydrogen) atoms. The number of nitrogens with zero attached hydrogens (tertiary/aromatic N) is 3. The van der Waals surface area contributed by atoms with Crippen molar-refractivity contribution in [2.24, 2.45) is 0 Å². The van der Waals surface area contributed by atoms with Crippen LogP contribution >= 0.6 is 0 Å². The summed E-state index contributed by atoms with van der Waals surface area (Å²) in [6.07, 6.45) is 7.96. The zero-order valence-electron chi connectivity index (χ0n) is 15.6. The minimum atomic E-state index is -2.01. The first kappa shape index (κ1) is 17.8. The number of carbonyl (C=O) groups is 1. The molecular formula is C20H22N4O3S. The van der Waals surface area contributed by atoms with Gasteiger partial charge in [-0.05, 0) is 56.4 Å². The van der Waals surface area contributed by atoms with E-state index in [0.29, 0.717) is 10.8 Å². The lowest BCUT2D eigenvalue weighted by Crippen LogP contribution is -2.39. The first-order chi connectivity index (χ1) is 13.5. The Morgan fingerprint density at radius 2 is 2.04 bits per heavy atom. The number of benzene rings is 1. The van der Waals surface area contributed by atoms with Crippen LogP contribution in [-0.4, -0.2) is 30.7 Å². The fourth-order valence-electron chi connectivity index (χ4n) is 4.51. The third-order valence-corrected chi connectivity index (χ3v) is 6.88. The van der Waals surface area contributed by atoms with Gasteiger partial charge >= 0.3 is 0 Å². The summed E-state index contributed by atoms with van der Waals surface area (Å²) < 4.78 is 20.5. The Kier molecular flexibility index (Phi) is 4.03. The minimum Gasteiger partial charge on any atom is -0.324 e. The normalized spacial score (nSPS) is 21.2. The second-order valence-corrected chi connectivity index (χ2v) is 8.95. The summed E-state index contributed by atoms with van der Waals surface area (Å²) in [5.41, 5.74) is 2.19. The number of fused-ring (bicyclic) bond motifs is 2. The quantitative estimate of drug-likeness (QED) is 0.766. The molecule has 2 heterocycles. The molecular weight excluding hydrogens is 376 g/mol. The zero-order valence-corrected chi connectivity index (χ0v) is 16.5. The first-order valence-electron chi connectivity index (χ1n) is 9.69. The van der Waals surface area contributed by atoms with Crippen molar-refractivity contribution in [2.45, 2.75) is 61.8 Å². The third-order valence-electron chi connectivity index (χ3n) is 6.23. The second kappa shape index (κ2) is 6.35. The van der Waals surface area contributed by atoms with Crippen LogP contribution in [0.5, 0.6) is 0 Å². The highest BCUT2D eigenvalue weighted by Gasteiger charge is 2.61. The topological polar surface area (TPSA) is 95.4 Å². The van der Waals surface area contributed by atoms with E-state index in [1.165, 1.54) is 0 Å². The van der Waals surface area contributed by atoms with Crippen LogP contribution in [0.1, 0.15) is 49.7 Å². The number of nitrogens with one attached hydrogen (secondary N) is 1. The molecule has 0 radical (unpaired) electrons. The lowest BCUT2D eigenvalue weighted by Gasteiger charge is -2.24. The molecule has 1 aromatic carbocycles. The maximum Gasteiger partial charge on any atom is 0.239 e. The van der Waals surface area contributed by atoms with Gasteiger partial charge in [0.25, 0.3) is 0 Å². The molecule has 7 nitrogen and oxygen atoms in total. The van der Waals surface area contributed by atoms with Gasteiger partial charge in [-0.25, -0.2) is 9.19 Å². The highest BCUT2D eigenvalue weighted by molar-refractivity contribution is 7.79. The Hall–Kier alpha value is -2.32. The maximum absolute atomic E-state index is 13.1. The van der Waals surface area contributed by atoms with E-state index in [1.54, 1.807) is 24.4 Å². The summed E-state index contributed by atoms with van der Waals surface area (Å²) in [6.45, 7) is 1.86. The van der Waals surface area contributed by atoms with Gasteiger partial charge in [0, 0.05) is 23.5 Å². The van der Waals surface area contributed by atoms with Gasteiger partial charge in [-0.1, -0.05) is 12.8 Å². The van der Waals surface area contributed by atoms with Crippen molar-refractivity contribution in [2.75, 3.05) is 10.2 Å². The standard InChI is InChI=1S/C20H22N4O3S/c1-12-10-14(28(26)27)6-7-16(12)22-19-21-11-15-17(23-19)24(13-4-2-3-5-13)18(25)20(15)8-9-20/h6-7,10-11,13H,2-5,8-9H2,1H3,(H,26,27)(H,21,22,23). The average Bonchev–Trinajstić information content (AvgIpc) is 3.23. The molecule has 1 aliphatic heterocycles. The second-order valence-electron chi connectivity index (χ2n) is 7.98. The van der Waals surface area contributed by atoms with E-state index >= 15 is 0 Å². The minimum absolute atomic E-state index is 0.201. The summed E-state index contributed by atoms with van der Waals surface area (Å²) >= 11 is -2.01. The summed E-state index contributed by atoms with van der Waals surface area (Å²) in [5, 5.41) is 3.20. The van der Waals surface area contributed by atoms with E-state index in [1.807, 2.05) is 11.8 Å². The molecule has 2 saturated carbocycles. The largest absolute Gasteiger partial charge is 0.324 e. The van der Waals surface area contributed by atoms with Crippen LogP contribution in [-0.2, 0) is 21.3 Å². The van der Waals surface area contributed by atoms with Gasteiger partial charge in [-0.15, -0.1) is 0 Å². The monoisotopic (exact) mass is 398 g/mol. The summed E-state index contributed by atoms with van der Waals surface area (Å²) in [5.74, 6) is 1.40. The number of hydrogen-bond acceptors (Lipinski definition) is 5. The van der Waals surface area contributed by atoms with Crippen LogP contribution in [0.15, 0.2) is 29.3 Å². The van der Waals surface area contributed by atoms with Crippen molar-refractivity contribution < 1.29 is 13.6 Å². The van der Waals surface area contributed by atoms with Crippen molar-refractivity contribution in [3.63, 3.8) is 0 Å². The highest BCUT2D eigenvalue weighted by atomic mass is 32.2. The Balaban J connectivity index is 1.49. The Morgan fingerprint density at radius 1 is 1.29 bits per heavy atom. The van der Waals surface area contributed by atoms with Crippen LogP contribution < -0.4 is 10.2 Å². The summed E-state index contributed by atoms with van der Waals surface area (Å²) in [6, 6.07) is 5.26. The van der Waals surface area contributed by atoms with Crippen molar-refractivity contribution in [1.29, 1.82) is 0 Å². The molecule has 1 unspecified atom stereocenters. The maximum atomic E-state index is 13.1. The molecule has 146 valence electrons. The van der Waals surface area contributed by atoms with Gasteiger partial charge in [0.15, 0.2) is 11.1 Å². The molecule has 2 aliphatic carbocycles. The number of aryl methyl sites for hydroxylation is 1. The van der Waals surface area contributed by atoms with Gasteiger partial charge < -0.3 is 9.87 Å². The van der Waals surface area contributed by atoms with Crippen LogP contribution in [0.25, 0.3) is 0 Å². The molecule has 2 N–H and O–H groups in total. The van der Waals surface area contributed by atoms with Gasteiger partial charge in [0.2, 0.25) is 11.9 Å². The molecule has 1 atom stereocenters. The van der Waals surface area contributed by atoms with E-state index in [0.717, 1.165) is 61.2 Å². The molecule has 2 fully saturated rings. The lowest BCUT2D eigenvalue weighted by atomic mass is 10.0. The number of aromatic nitrogens is 2. The molecule has 1 aromatic heterocycles. The van der Waals surface area contributed by atoms with Crippen LogP contribution in [0, 0.1) is 6.92 Å². The molecule has 1 spiro atoms. The van der Waals surface area contributed by atoms with Gasteiger partial charge in [0.05, 0.1) is 10.3 Å². The molecule has 1 amide bonds. The van der Waals surface area contributed by atoms with Crippen LogP contribution in [0.3, 0.4) is 0 Å².